The van der Waals surface area contributed by atoms with E-state index < -0.39 is 22.0 Å². The maximum atomic E-state index is 12.1. The van der Waals surface area contributed by atoms with Gasteiger partial charge in [0.1, 0.15) is 6.04 Å². The van der Waals surface area contributed by atoms with E-state index in [0.717, 1.165) is 10.6 Å². The average molecular weight is 353 g/mol. The Labute approximate surface area is 135 Å². The second kappa shape index (κ2) is 6.85. The first-order valence-electron chi connectivity index (χ1n) is 6.29. The highest BCUT2D eigenvalue weighted by Crippen LogP contribution is 2.32. The average Bonchev–Trinajstić information content (AvgIpc) is 2.31. The molecule has 0 spiro atoms. The SMILES string of the molecule is CC(C)NC(=O)[C@H](C)N(c1cc(Cl)ccc1Cl)S(C)(=O)=O. The van der Waals surface area contributed by atoms with Crippen LogP contribution in [0.5, 0.6) is 0 Å². The lowest BCUT2D eigenvalue weighted by molar-refractivity contribution is -0.122. The van der Waals surface area contributed by atoms with Gasteiger partial charge in [-0.1, -0.05) is 23.2 Å². The van der Waals surface area contributed by atoms with E-state index in [4.69, 9.17) is 23.2 Å². The second-order valence-electron chi connectivity index (χ2n) is 4.99. The van der Waals surface area contributed by atoms with Gasteiger partial charge >= 0.3 is 0 Å². The van der Waals surface area contributed by atoms with E-state index in [1.807, 2.05) is 0 Å². The predicted octanol–water partition coefficient (Wildman–Crippen LogP) is 2.67. The number of benzene rings is 1. The maximum absolute atomic E-state index is 12.1. The van der Waals surface area contributed by atoms with Crippen LogP contribution in [0.15, 0.2) is 18.2 Å². The molecule has 0 saturated heterocycles. The van der Waals surface area contributed by atoms with Gasteiger partial charge in [-0.15, -0.1) is 0 Å². The van der Waals surface area contributed by atoms with Crippen LogP contribution in [0, 0.1) is 0 Å². The van der Waals surface area contributed by atoms with Crippen LogP contribution >= 0.6 is 23.2 Å². The largest absolute Gasteiger partial charge is 0.352 e. The number of hydrogen-bond acceptors (Lipinski definition) is 3. The third-order valence-electron chi connectivity index (χ3n) is 2.67. The van der Waals surface area contributed by atoms with E-state index in [2.05, 4.69) is 5.32 Å². The standard InChI is InChI=1S/C13H18Cl2N2O3S/c1-8(2)16-13(18)9(3)17(21(4,19)20)12-7-10(14)5-6-11(12)15/h5-9H,1-4H3,(H,16,18)/t9-/m0/s1. The number of carbonyl (C=O) groups excluding carboxylic acids is 1. The van der Waals surface area contributed by atoms with Gasteiger partial charge in [-0.3, -0.25) is 9.10 Å². The predicted molar refractivity (Wildman–Crippen MR) is 86.5 cm³/mol. The summed E-state index contributed by atoms with van der Waals surface area (Å²) in [4.78, 5) is 12.1. The van der Waals surface area contributed by atoms with Gasteiger partial charge in [-0.25, -0.2) is 8.42 Å². The summed E-state index contributed by atoms with van der Waals surface area (Å²) in [6.07, 6.45) is 1.02. The van der Waals surface area contributed by atoms with Gasteiger partial charge in [0.25, 0.3) is 0 Å². The molecule has 8 heteroatoms. The molecular formula is C13H18Cl2N2O3S. The number of nitrogens with zero attached hydrogens (tertiary/aromatic N) is 1. The van der Waals surface area contributed by atoms with Crippen molar-refractivity contribution < 1.29 is 13.2 Å². The highest BCUT2D eigenvalue weighted by atomic mass is 35.5. The number of amides is 1. The van der Waals surface area contributed by atoms with Gasteiger partial charge in [0, 0.05) is 11.1 Å². The minimum Gasteiger partial charge on any atom is -0.352 e. The summed E-state index contributed by atoms with van der Waals surface area (Å²) >= 11 is 12.0. The number of sulfonamides is 1. The van der Waals surface area contributed by atoms with Crippen molar-refractivity contribution in [1.29, 1.82) is 0 Å². The van der Waals surface area contributed by atoms with Crippen molar-refractivity contribution in [3.05, 3.63) is 28.2 Å². The minimum atomic E-state index is -3.71. The summed E-state index contributed by atoms with van der Waals surface area (Å²) in [5, 5.41) is 3.21. The summed E-state index contributed by atoms with van der Waals surface area (Å²) in [7, 11) is -3.71. The third-order valence-corrected chi connectivity index (χ3v) is 4.45. The zero-order chi connectivity index (χ0) is 16.4. The molecule has 0 saturated carbocycles. The maximum Gasteiger partial charge on any atom is 0.243 e. The number of halogens is 2. The van der Waals surface area contributed by atoms with E-state index in [1.165, 1.54) is 19.1 Å². The Morgan fingerprint density at radius 1 is 1.24 bits per heavy atom. The Kier molecular flexibility index (Phi) is 5.90. The topological polar surface area (TPSA) is 66.5 Å². The lowest BCUT2D eigenvalue weighted by Gasteiger charge is -2.29. The molecule has 1 aromatic rings. The molecule has 0 fully saturated rings. The lowest BCUT2D eigenvalue weighted by Crippen LogP contribution is -2.49. The van der Waals surface area contributed by atoms with Gasteiger partial charge in [0.15, 0.2) is 0 Å². The molecule has 0 radical (unpaired) electrons. The van der Waals surface area contributed by atoms with Gasteiger partial charge in [-0.05, 0) is 39.0 Å². The van der Waals surface area contributed by atoms with Gasteiger partial charge in [0.05, 0.1) is 17.0 Å². The van der Waals surface area contributed by atoms with Crippen molar-refractivity contribution in [1.82, 2.24) is 5.32 Å². The van der Waals surface area contributed by atoms with E-state index >= 15 is 0 Å². The molecule has 0 heterocycles. The molecular weight excluding hydrogens is 335 g/mol. The van der Waals surface area contributed by atoms with Crippen molar-refractivity contribution in [2.24, 2.45) is 0 Å². The molecule has 0 aliphatic carbocycles. The molecule has 0 aromatic heterocycles. The van der Waals surface area contributed by atoms with Gasteiger partial charge in [-0.2, -0.15) is 0 Å². The fourth-order valence-electron chi connectivity index (χ4n) is 1.84. The second-order valence-corrected chi connectivity index (χ2v) is 7.70. The van der Waals surface area contributed by atoms with Crippen molar-refractivity contribution in [2.45, 2.75) is 32.9 Å². The molecule has 0 aliphatic rings. The first-order chi connectivity index (χ1) is 9.54. The monoisotopic (exact) mass is 352 g/mol. The van der Waals surface area contributed by atoms with Crippen molar-refractivity contribution in [2.75, 3.05) is 10.6 Å². The van der Waals surface area contributed by atoms with Crippen LogP contribution in [-0.4, -0.2) is 32.7 Å². The molecule has 5 nitrogen and oxygen atoms in total. The van der Waals surface area contributed by atoms with Crippen LogP contribution in [-0.2, 0) is 14.8 Å². The highest BCUT2D eigenvalue weighted by molar-refractivity contribution is 7.92. The van der Waals surface area contributed by atoms with E-state index in [-0.39, 0.29) is 16.8 Å². The molecule has 0 unspecified atom stereocenters. The van der Waals surface area contributed by atoms with E-state index in [1.54, 1.807) is 19.9 Å². The molecule has 0 aliphatic heterocycles. The summed E-state index contributed by atoms with van der Waals surface area (Å²) in [5.41, 5.74) is 0.179. The Bertz CT molecular complexity index is 632. The smallest absolute Gasteiger partial charge is 0.243 e. The molecule has 21 heavy (non-hydrogen) atoms. The molecule has 1 amide bonds. The lowest BCUT2D eigenvalue weighted by atomic mass is 10.2. The van der Waals surface area contributed by atoms with Crippen molar-refractivity contribution >= 4 is 44.8 Å². The summed E-state index contributed by atoms with van der Waals surface area (Å²) in [6, 6.07) is 3.41. The van der Waals surface area contributed by atoms with Crippen LogP contribution in [0.2, 0.25) is 10.0 Å². The molecule has 1 rings (SSSR count). The number of rotatable bonds is 5. The van der Waals surface area contributed by atoms with Crippen LogP contribution in [0.25, 0.3) is 0 Å². The Morgan fingerprint density at radius 2 is 1.81 bits per heavy atom. The molecule has 1 aromatic carbocycles. The number of nitrogens with one attached hydrogen (secondary N) is 1. The first-order valence-corrected chi connectivity index (χ1v) is 8.89. The van der Waals surface area contributed by atoms with Crippen molar-refractivity contribution in [3.63, 3.8) is 0 Å². The van der Waals surface area contributed by atoms with Crippen LogP contribution < -0.4 is 9.62 Å². The molecule has 0 bridgehead atoms. The van der Waals surface area contributed by atoms with Crippen LogP contribution in [0.1, 0.15) is 20.8 Å². The van der Waals surface area contributed by atoms with E-state index in [0.29, 0.717) is 5.02 Å². The van der Waals surface area contributed by atoms with Crippen molar-refractivity contribution in [3.8, 4) is 0 Å². The summed E-state index contributed by atoms with van der Waals surface area (Å²) < 4.78 is 25.1. The fraction of sp³-hybridized carbons (Fsp3) is 0.462. The summed E-state index contributed by atoms with van der Waals surface area (Å²) in [6.45, 7) is 5.08. The van der Waals surface area contributed by atoms with Crippen LogP contribution in [0.3, 0.4) is 0 Å². The third kappa shape index (κ3) is 4.76. The van der Waals surface area contributed by atoms with Gasteiger partial charge < -0.3 is 5.32 Å². The molecule has 1 N–H and O–H groups in total. The Balaban J connectivity index is 3.31. The zero-order valence-corrected chi connectivity index (χ0v) is 14.6. The summed E-state index contributed by atoms with van der Waals surface area (Å²) in [5.74, 6) is -0.411. The number of hydrogen-bond donors (Lipinski definition) is 1. The van der Waals surface area contributed by atoms with Gasteiger partial charge in [0.2, 0.25) is 15.9 Å². The normalized spacial score (nSPS) is 13.1. The van der Waals surface area contributed by atoms with Crippen LogP contribution in [0.4, 0.5) is 5.69 Å². The minimum absolute atomic E-state index is 0.101. The highest BCUT2D eigenvalue weighted by Gasteiger charge is 2.30. The molecule has 118 valence electrons. The Morgan fingerprint density at radius 3 is 2.29 bits per heavy atom. The Hall–Kier alpha value is -0.980. The molecule has 1 atom stereocenters. The van der Waals surface area contributed by atoms with E-state index in [9.17, 15) is 13.2 Å². The fourth-order valence-corrected chi connectivity index (χ4v) is 3.44. The number of carbonyl (C=O) groups is 1. The quantitative estimate of drug-likeness (QED) is 0.885. The first kappa shape index (κ1) is 18.1. The number of anilines is 1. The zero-order valence-electron chi connectivity index (χ0n) is 12.2.